The number of hydrogen-bond acceptors (Lipinski definition) is 6. The Balaban J connectivity index is 4.84. The lowest BCUT2D eigenvalue weighted by Gasteiger charge is -2.35. The van der Waals surface area contributed by atoms with Gasteiger partial charge in [0.25, 0.3) is 0 Å². The fraction of sp³-hybridized carbons (Fsp3) is 1.00. The Hall–Kier alpha value is 0.190. The lowest BCUT2D eigenvalue weighted by molar-refractivity contribution is -0.0543. The highest BCUT2D eigenvalue weighted by atomic mass is 31.2. The maximum atomic E-state index is 9.23. The molecular weight excluding hydrogens is 271 g/mol. The van der Waals surface area contributed by atoms with E-state index >= 15 is 0 Å². The fourth-order valence-electron chi connectivity index (χ4n) is 0.748. The van der Waals surface area contributed by atoms with Crippen molar-refractivity contribution in [2.24, 2.45) is 0 Å². The Morgan fingerprint density at radius 1 is 0.632 bits per heavy atom. The summed E-state index contributed by atoms with van der Waals surface area (Å²) in [5.74, 6) is 0. The largest absolute Gasteiger partial charge is 0.393 e. The molecule has 0 rings (SSSR count). The lowest BCUT2D eigenvalue weighted by atomic mass is 10.2. The highest BCUT2D eigenvalue weighted by Gasteiger charge is 2.35. The van der Waals surface area contributed by atoms with E-state index in [4.69, 9.17) is 13.6 Å². The highest BCUT2D eigenvalue weighted by molar-refractivity contribution is 7.41. The normalized spacial score (nSPS) is 14.2. The van der Waals surface area contributed by atoms with E-state index in [1.807, 2.05) is 0 Å². The van der Waals surface area contributed by atoms with Crippen molar-refractivity contribution in [3.05, 3.63) is 0 Å². The summed E-state index contributed by atoms with van der Waals surface area (Å²) in [6, 6.07) is 0. The zero-order valence-electron chi connectivity index (χ0n) is 12.6. The first kappa shape index (κ1) is 19.2. The average Bonchev–Trinajstić information content (AvgIpc) is 2.27. The van der Waals surface area contributed by atoms with Gasteiger partial charge in [-0.05, 0) is 41.5 Å². The van der Waals surface area contributed by atoms with Gasteiger partial charge in [-0.3, -0.25) is 0 Å². The molecule has 0 aliphatic rings. The van der Waals surface area contributed by atoms with Crippen molar-refractivity contribution < 1.29 is 28.9 Å². The van der Waals surface area contributed by atoms with Crippen molar-refractivity contribution in [2.45, 2.75) is 58.3 Å². The Morgan fingerprint density at radius 3 is 1.00 bits per heavy atom. The predicted molar refractivity (Wildman–Crippen MR) is 73.7 cm³/mol. The molecule has 116 valence electrons. The standard InChI is InChI=1S/C12H27O6P/c1-10(2,7-13)16-19(17-11(3,4)8-14)18-12(5,6)9-15/h13-15H,7-9H2,1-6H3. The second-order valence-corrected chi connectivity index (χ2v) is 7.25. The van der Waals surface area contributed by atoms with Gasteiger partial charge in [0.15, 0.2) is 0 Å². The van der Waals surface area contributed by atoms with E-state index in [1.54, 1.807) is 41.5 Å². The second-order valence-electron chi connectivity index (χ2n) is 6.25. The molecule has 0 aromatic rings. The first-order valence-electron chi connectivity index (χ1n) is 6.17. The van der Waals surface area contributed by atoms with Crippen LogP contribution in [0, 0.1) is 0 Å². The first-order valence-corrected chi connectivity index (χ1v) is 7.26. The van der Waals surface area contributed by atoms with Gasteiger partial charge < -0.3 is 28.9 Å². The third-order valence-electron chi connectivity index (χ3n) is 2.11. The summed E-state index contributed by atoms with van der Waals surface area (Å²) >= 11 is 0. The minimum atomic E-state index is -1.82. The van der Waals surface area contributed by atoms with Crippen molar-refractivity contribution in [3.8, 4) is 0 Å². The number of aliphatic hydroxyl groups excluding tert-OH is 3. The summed E-state index contributed by atoms with van der Waals surface area (Å²) in [6.07, 6.45) is 0. The van der Waals surface area contributed by atoms with Gasteiger partial charge in [0.05, 0.1) is 36.6 Å². The Labute approximate surface area is 116 Å². The molecule has 0 atom stereocenters. The topological polar surface area (TPSA) is 88.4 Å². The van der Waals surface area contributed by atoms with Crippen LogP contribution in [0.4, 0.5) is 0 Å². The van der Waals surface area contributed by atoms with Gasteiger partial charge in [-0.25, -0.2) is 0 Å². The van der Waals surface area contributed by atoms with Gasteiger partial charge in [-0.15, -0.1) is 0 Å². The molecule has 0 aliphatic carbocycles. The Morgan fingerprint density at radius 2 is 0.842 bits per heavy atom. The Kier molecular flexibility index (Phi) is 7.34. The van der Waals surface area contributed by atoms with Crippen molar-refractivity contribution in [2.75, 3.05) is 19.8 Å². The van der Waals surface area contributed by atoms with Gasteiger partial charge in [0.1, 0.15) is 0 Å². The third kappa shape index (κ3) is 8.15. The highest BCUT2D eigenvalue weighted by Crippen LogP contribution is 2.50. The monoisotopic (exact) mass is 298 g/mol. The molecule has 0 radical (unpaired) electrons. The molecule has 7 heteroatoms. The molecule has 6 nitrogen and oxygen atoms in total. The van der Waals surface area contributed by atoms with Crippen molar-refractivity contribution in [3.63, 3.8) is 0 Å². The zero-order valence-corrected chi connectivity index (χ0v) is 13.5. The van der Waals surface area contributed by atoms with Crippen LogP contribution in [0.3, 0.4) is 0 Å². The van der Waals surface area contributed by atoms with Gasteiger partial charge in [0, 0.05) is 0 Å². The fourth-order valence-corrected chi connectivity index (χ4v) is 2.24. The smallest absolute Gasteiger partial charge is 0.334 e. The number of aliphatic hydroxyl groups is 3. The molecule has 0 bridgehead atoms. The minimum Gasteiger partial charge on any atom is -0.393 e. The molecule has 0 aromatic heterocycles. The third-order valence-corrected chi connectivity index (χ3v) is 4.04. The second kappa shape index (κ2) is 7.27. The van der Waals surface area contributed by atoms with Crippen molar-refractivity contribution in [1.29, 1.82) is 0 Å². The van der Waals surface area contributed by atoms with Crippen LogP contribution in [0.15, 0.2) is 0 Å². The van der Waals surface area contributed by atoms with E-state index in [9.17, 15) is 15.3 Å². The predicted octanol–water partition coefficient (Wildman–Crippen LogP) is 1.58. The average molecular weight is 298 g/mol. The summed E-state index contributed by atoms with van der Waals surface area (Å²) in [5.41, 5.74) is -2.49. The van der Waals surface area contributed by atoms with Gasteiger partial charge in [-0.2, -0.15) is 0 Å². The molecule has 0 saturated carbocycles. The Bertz CT molecular complexity index is 224. The van der Waals surface area contributed by atoms with Crippen LogP contribution in [0.25, 0.3) is 0 Å². The quantitative estimate of drug-likeness (QED) is 0.560. The molecule has 19 heavy (non-hydrogen) atoms. The van der Waals surface area contributed by atoms with Crippen LogP contribution >= 0.6 is 8.60 Å². The van der Waals surface area contributed by atoms with Gasteiger partial charge >= 0.3 is 8.60 Å². The summed E-state index contributed by atoms with van der Waals surface area (Å²) in [6.45, 7) is 9.62. The molecular formula is C12H27O6P. The number of rotatable bonds is 9. The van der Waals surface area contributed by atoms with E-state index in [2.05, 4.69) is 0 Å². The summed E-state index contributed by atoms with van der Waals surface area (Å²) in [7, 11) is -1.82. The maximum absolute atomic E-state index is 9.23. The van der Waals surface area contributed by atoms with Gasteiger partial charge in [0.2, 0.25) is 0 Å². The SMILES string of the molecule is CC(C)(CO)OP(OC(C)(C)CO)OC(C)(C)CO. The zero-order chi connectivity index (χ0) is 15.3. The summed E-state index contributed by atoms with van der Waals surface area (Å²) in [4.78, 5) is 0. The van der Waals surface area contributed by atoms with Crippen LogP contribution in [0.5, 0.6) is 0 Å². The van der Waals surface area contributed by atoms with Crippen LogP contribution < -0.4 is 0 Å². The van der Waals surface area contributed by atoms with E-state index in [-0.39, 0.29) is 19.8 Å². The molecule has 0 aliphatic heterocycles. The molecule has 0 heterocycles. The van der Waals surface area contributed by atoms with E-state index < -0.39 is 25.4 Å². The van der Waals surface area contributed by atoms with Crippen LogP contribution in [0.2, 0.25) is 0 Å². The lowest BCUT2D eigenvalue weighted by Crippen LogP contribution is -2.35. The molecule has 0 saturated heterocycles. The van der Waals surface area contributed by atoms with E-state index in [0.717, 1.165) is 0 Å². The van der Waals surface area contributed by atoms with Gasteiger partial charge in [-0.1, -0.05) is 0 Å². The molecule has 0 amide bonds. The molecule has 0 unspecified atom stereocenters. The van der Waals surface area contributed by atoms with E-state index in [0.29, 0.717) is 0 Å². The van der Waals surface area contributed by atoms with Crippen molar-refractivity contribution >= 4 is 8.60 Å². The van der Waals surface area contributed by atoms with Crippen LogP contribution in [-0.2, 0) is 13.6 Å². The first-order chi connectivity index (χ1) is 8.47. The molecule has 0 aromatic carbocycles. The summed E-state index contributed by atoms with van der Waals surface area (Å²) in [5, 5.41) is 27.7. The number of hydrogen-bond donors (Lipinski definition) is 3. The van der Waals surface area contributed by atoms with E-state index in [1.165, 1.54) is 0 Å². The molecule has 0 fully saturated rings. The summed E-state index contributed by atoms with van der Waals surface area (Å²) < 4.78 is 16.8. The minimum absolute atomic E-state index is 0.197. The molecule has 3 N–H and O–H groups in total. The van der Waals surface area contributed by atoms with Crippen molar-refractivity contribution in [1.82, 2.24) is 0 Å². The van der Waals surface area contributed by atoms with Crippen LogP contribution in [-0.4, -0.2) is 51.9 Å². The molecule has 0 spiro atoms. The maximum Gasteiger partial charge on any atom is 0.334 e. The van der Waals surface area contributed by atoms with Crippen LogP contribution in [0.1, 0.15) is 41.5 Å².